The number of fused-ring (bicyclic) bond motifs is 6. The minimum absolute atomic E-state index is 0.769. The molecule has 0 saturated carbocycles. The van der Waals surface area contributed by atoms with Crippen molar-refractivity contribution < 1.29 is 4.42 Å². The summed E-state index contributed by atoms with van der Waals surface area (Å²) in [5.74, 6) is 0.769. The number of hydrogen-bond acceptors (Lipinski definition) is 3. The van der Waals surface area contributed by atoms with E-state index in [1.165, 1.54) is 30.9 Å². The Morgan fingerprint density at radius 1 is 0.636 bits per heavy atom. The van der Waals surface area contributed by atoms with Crippen LogP contribution in [-0.2, 0) is 0 Å². The van der Waals surface area contributed by atoms with Gasteiger partial charge in [0.15, 0.2) is 5.58 Å². The molecule has 0 atom stereocenters. The van der Waals surface area contributed by atoms with E-state index in [9.17, 15) is 0 Å². The molecule has 0 amide bonds. The standard InChI is InChI=1S/C41H29NOS/c1-3-15-30-32-22-14-24-36(40(32)43-38(30)4-2)42(35-23-12-10-18-28(35)27-16-6-5-7-17-27)37-26-34-31-20-11-13-25-39(31)44-41(34)33-21-9-8-19-29(33)37/h3-26H,2H2,1H3/b15-3-. The van der Waals surface area contributed by atoms with E-state index >= 15 is 0 Å². The van der Waals surface area contributed by atoms with E-state index in [0.717, 1.165) is 50.5 Å². The number of allylic oxidation sites excluding steroid dienone is 1. The number of para-hydroxylation sites is 2. The molecule has 2 nitrogen and oxygen atoms in total. The number of hydrogen-bond donors (Lipinski definition) is 0. The zero-order valence-electron chi connectivity index (χ0n) is 24.3. The summed E-state index contributed by atoms with van der Waals surface area (Å²) in [7, 11) is 0. The van der Waals surface area contributed by atoms with Crippen LogP contribution >= 0.6 is 11.3 Å². The van der Waals surface area contributed by atoms with Crippen molar-refractivity contribution >= 4 is 82.5 Å². The molecule has 0 spiro atoms. The van der Waals surface area contributed by atoms with Crippen molar-refractivity contribution in [3.05, 3.63) is 151 Å². The summed E-state index contributed by atoms with van der Waals surface area (Å²) >= 11 is 1.86. The molecule has 0 aliphatic heterocycles. The molecule has 2 heterocycles. The Hall–Kier alpha value is -5.38. The summed E-state index contributed by atoms with van der Waals surface area (Å²) in [5, 5.41) is 6.03. The fourth-order valence-corrected chi connectivity index (χ4v) is 7.66. The summed E-state index contributed by atoms with van der Waals surface area (Å²) in [6, 6.07) is 45.6. The zero-order valence-corrected chi connectivity index (χ0v) is 25.1. The van der Waals surface area contributed by atoms with Crippen LogP contribution in [0.15, 0.2) is 144 Å². The number of furan rings is 1. The number of rotatable bonds is 6. The van der Waals surface area contributed by atoms with Crippen molar-refractivity contribution in [2.45, 2.75) is 6.92 Å². The van der Waals surface area contributed by atoms with Gasteiger partial charge < -0.3 is 9.32 Å². The second-order valence-corrected chi connectivity index (χ2v) is 11.9. The molecule has 6 aromatic carbocycles. The molecule has 0 radical (unpaired) electrons. The first-order valence-electron chi connectivity index (χ1n) is 14.8. The molecule has 3 heteroatoms. The second kappa shape index (κ2) is 10.7. The lowest BCUT2D eigenvalue weighted by molar-refractivity contribution is 0.604. The third-order valence-electron chi connectivity index (χ3n) is 8.35. The molecule has 0 aliphatic carbocycles. The van der Waals surface area contributed by atoms with Gasteiger partial charge in [0.1, 0.15) is 5.76 Å². The molecule has 2 aromatic heterocycles. The minimum atomic E-state index is 0.769. The van der Waals surface area contributed by atoms with Gasteiger partial charge in [-0.2, -0.15) is 0 Å². The van der Waals surface area contributed by atoms with Gasteiger partial charge in [0.25, 0.3) is 0 Å². The van der Waals surface area contributed by atoms with Crippen LogP contribution in [0, 0.1) is 0 Å². The van der Waals surface area contributed by atoms with Crippen LogP contribution in [0.25, 0.3) is 65.2 Å². The van der Waals surface area contributed by atoms with Gasteiger partial charge in [0, 0.05) is 47.5 Å². The van der Waals surface area contributed by atoms with Crippen LogP contribution in [0.4, 0.5) is 17.1 Å². The summed E-state index contributed by atoms with van der Waals surface area (Å²) < 4.78 is 9.25. The second-order valence-electron chi connectivity index (χ2n) is 10.9. The van der Waals surface area contributed by atoms with E-state index in [1.807, 2.05) is 18.3 Å². The highest BCUT2D eigenvalue weighted by molar-refractivity contribution is 7.26. The van der Waals surface area contributed by atoms with E-state index < -0.39 is 0 Å². The first-order valence-corrected chi connectivity index (χ1v) is 15.7. The SMILES string of the molecule is C=Cc1oc2c(N(c3ccccc3-c3ccccc3)c3cc4c5ccccc5sc4c4ccccc34)cccc2c1/C=C\C. The molecule has 0 N–H and O–H groups in total. The van der Waals surface area contributed by atoms with Crippen molar-refractivity contribution in [2.24, 2.45) is 0 Å². The molecule has 8 rings (SSSR count). The molecule has 0 saturated heterocycles. The number of anilines is 3. The highest BCUT2D eigenvalue weighted by Crippen LogP contribution is 2.50. The highest BCUT2D eigenvalue weighted by Gasteiger charge is 2.25. The number of benzene rings is 6. The Bertz CT molecular complexity index is 2370. The smallest absolute Gasteiger partial charge is 0.159 e. The number of thiophene rings is 1. The third-order valence-corrected chi connectivity index (χ3v) is 9.57. The summed E-state index contributed by atoms with van der Waals surface area (Å²) in [5.41, 5.74) is 7.35. The molecule has 210 valence electrons. The van der Waals surface area contributed by atoms with Crippen LogP contribution in [0.2, 0.25) is 0 Å². The molecule has 0 fully saturated rings. The van der Waals surface area contributed by atoms with Crippen LogP contribution in [0.1, 0.15) is 18.2 Å². The molecular formula is C41H29NOS. The van der Waals surface area contributed by atoms with Crippen LogP contribution < -0.4 is 4.90 Å². The normalized spacial score (nSPS) is 11.8. The van der Waals surface area contributed by atoms with Crippen molar-refractivity contribution in [2.75, 3.05) is 4.90 Å². The van der Waals surface area contributed by atoms with Gasteiger partial charge in [-0.1, -0.05) is 122 Å². The Kier molecular flexibility index (Phi) is 6.40. The maximum absolute atomic E-state index is 6.65. The Labute approximate surface area is 260 Å². The molecule has 0 unspecified atom stereocenters. The van der Waals surface area contributed by atoms with E-state index in [1.54, 1.807) is 6.08 Å². The molecular weight excluding hydrogens is 555 g/mol. The topological polar surface area (TPSA) is 16.4 Å². The summed E-state index contributed by atoms with van der Waals surface area (Å²) in [6.07, 6.45) is 5.96. The average molecular weight is 584 g/mol. The summed E-state index contributed by atoms with van der Waals surface area (Å²) in [4.78, 5) is 2.40. The van der Waals surface area contributed by atoms with Gasteiger partial charge in [-0.15, -0.1) is 11.3 Å². The van der Waals surface area contributed by atoms with E-state index in [4.69, 9.17) is 4.42 Å². The molecule has 0 bridgehead atoms. The fourth-order valence-electron chi connectivity index (χ4n) is 6.44. The van der Waals surface area contributed by atoms with Crippen molar-refractivity contribution in [1.29, 1.82) is 0 Å². The Balaban J connectivity index is 1.53. The van der Waals surface area contributed by atoms with E-state index in [2.05, 4.69) is 151 Å². The zero-order chi connectivity index (χ0) is 29.6. The first-order chi connectivity index (χ1) is 21.8. The van der Waals surface area contributed by atoms with Crippen molar-refractivity contribution in [3.63, 3.8) is 0 Å². The lowest BCUT2D eigenvalue weighted by Crippen LogP contribution is -2.12. The largest absolute Gasteiger partial charge is 0.454 e. The van der Waals surface area contributed by atoms with Crippen LogP contribution in [0.3, 0.4) is 0 Å². The predicted molar refractivity (Wildman–Crippen MR) is 192 cm³/mol. The van der Waals surface area contributed by atoms with Gasteiger partial charge in [-0.25, -0.2) is 0 Å². The van der Waals surface area contributed by atoms with Crippen molar-refractivity contribution in [3.8, 4) is 11.1 Å². The predicted octanol–water partition coefficient (Wildman–Crippen LogP) is 12.8. The van der Waals surface area contributed by atoms with Gasteiger partial charge in [-0.05, 0) is 42.8 Å². The molecule has 8 aromatic rings. The highest BCUT2D eigenvalue weighted by atomic mass is 32.1. The van der Waals surface area contributed by atoms with Crippen LogP contribution in [0.5, 0.6) is 0 Å². The van der Waals surface area contributed by atoms with Gasteiger partial charge in [0.05, 0.1) is 17.1 Å². The lowest BCUT2D eigenvalue weighted by atomic mass is 9.99. The first kappa shape index (κ1) is 26.3. The maximum atomic E-state index is 6.65. The Morgan fingerprint density at radius 3 is 2.14 bits per heavy atom. The molecule has 44 heavy (non-hydrogen) atoms. The van der Waals surface area contributed by atoms with E-state index in [-0.39, 0.29) is 0 Å². The van der Waals surface area contributed by atoms with E-state index in [0.29, 0.717) is 0 Å². The van der Waals surface area contributed by atoms with Crippen molar-refractivity contribution in [1.82, 2.24) is 0 Å². The Morgan fingerprint density at radius 2 is 1.32 bits per heavy atom. The van der Waals surface area contributed by atoms with Gasteiger partial charge in [0.2, 0.25) is 0 Å². The quantitative estimate of drug-likeness (QED) is 0.194. The lowest BCUT2D eigenvalue weighted by Gasteiger charge is -2.29. The third kappa shape index (κ3) is 4.09. The van der Waals surface area contributed by atoms with Gasteiger partial charge in [-0.3, -0.25) is 0 Å². The van der Waals surface area contributed by atoms with Crippen LogP contribution in [-0.4, -0.2) is 0 Å². The number of nitrogens with zero attached hydrogens (tertiary/aromatic N) is 1. The average Bonchev–Trinajstić information content (AvgIpc) is 3.64. The fraction of sp³-hybridized carbons (Fsp3) is 0.0244. The summed E-state index contributed by atoms with van der Waals surface area (Å²) in [6.45, 7) is 6.10. The van der Waals surface area contributed by atoms with Gasteiger partial charge >= 0.3 is 0 Å². The maximum Gasteiger partial charge on any atom is 0.159 e. The minimum Gasteiger partial charge on any atom is -0.454 e. The molecule has 0 aliphatic rings. The monoisotopic (exact) mass is 583 g/mol.